The van der Waals surface area contributed by atoms with Crippen LogP contribution in [0.25, 0.3) is 0 Å². The molecule has 1 aromatic carbocycles. The largest absolute Gasteiger partial charge is 0.477 e. The van der Waals surface area contributed by atoms with Gasteiger partial charge in [0, 0.05) is 33.4 Å². The van der Waals surface area contributed by atoms with Crippen molar-refractivity contribution in [2.24, 2.45) is 0 Å². The fourth-order valence-corrected chi connectivity index (χ4v) is 4.01. The predicted molar refractivity (Wildman–Crippen MR) is 140 cm³/mol. The highest BCUT2D eigenvalue weighted by atomic mass is 32.1. The first-order chi connectivity index (χ1) is 18.4. The Morgan fingerprint density at radius 1 is 0.949 bits per heavy atom. The molecule has 0 aromatic heterocycles. The Morgan fingerprint density at radius 2 is 1.59 bits per heavy atom. The maximum absolute atomic E-state index is 12.5. The Balaban J connectivity index is 2.54. The van der Waals surface area contributed by atoms with Crippen LogP contribution in [0.2, 0.25) is 0 Å². The van der Waals surface area contributed by atoms with E-state index >= 15 is 0 Å². The molecule has 1 aliphatic rings. The number of carbonyl (C=O) groups is 5. The van der Waals surface area contributed by atoms with Crippen molar-refractivity contribution in [3.8, 4) is 0 Å². The number of methoxy groups -OCH3 is 1. The Hall–Kier alpha value is -4.20. The summed E-state index contributed by atoms with van der Waals surface area (Å²) in [5.74, 6) is -3.93. The first-order valence-corrected chi connectivity index (χ1v) is 12.2. The lowest BCUT2D eigenvalue weighted by Crippen LogP contribution is -2.64. The molecule has 14 heteroatoms. The fourth-order valence-electron chi connectivity index (χ4n) is 3.75. The van der Waals surface area contributed by atoms with Gasteiger partial charge >= 0.3 is 23.9 Å². The second-order valence-corrected chi connectivity index (χ2v) is 8.75. The maximum Gasteiger partial charge on any atom is 0.373 e. The van der Waals surface area contributed by atoms with Crippen molar-refractivity contribution in [1.82, 2.24) is 10.6 Å². The van der Waals surface area contributed by atoms with Gasteiger partial charge in [0.05, 0.1) is 19.2 Å². The molecule has 0 saturated heterocycles. The molecule has 0 radical (unpaired) electrons. The number of para-hydroxylation sites is 1. The Bertz CT molecular complexity index is 1110. The molecule has 5 atom stereocenters. The van der Waals surface area contributed by atoms with Gasteiger partial charge in [0.15, 0.2) is 23.4 Å². The number of ether oxygens (including phenoxy) is 5. The average molecular weight is 566 g/mol. The molecule has 0 aliphatic carbocycles. The summed E-state index contributed by atoms with van der Waals surface area (Å²) in [6, 6.07) is 7.00. The third-order valence-corrected chi connectivity index (χ3v) is 5.40. The highest BCUT2D eigenvalue weighted by Crippen LogP contribution is 2.27. The highest BCUT2D eigenvalue weighted by molar-refractivity contribution is 7.80. The third-order valence-electron chi connectivity index (χ3n) is 5.18. The second kappa shape index (κ2) is 14.7. The van der Waals surface area contributed by atoms with E-state index in [-0.39, 0.29) is 10.9 Å². The maximum atomic E-state index is 12.5. The summed E-state index contributed by atoms with van der Waals surface area (Å²) in [6.07, 6.45) is -2.84. The van der Waals surface area contributed by atoms with Crippen LogP contribution in [0.3, 0.4) is 0 Å². The van der Waals surface area contributed by atoms with Crippen LogP contribution in [0.15, 0.2) is 42.2 Å². The number of esters is 4. The number of amides is 1. The van der Waals surface area contributed by atoms with Gasteiger partial charge in [-0.2, -0.15) is 0 Å². The quantitative estimate of drug-likeness (QED) is 0.206. The summed E-state index contributed by atoms with van der Waals surface area (Å²) in [5, 5.41) is 8.83. The molecule has 13 nitrogen and oxygen atoms in total. The van der Waals surface area contributed by atoms with E-state index in [1.165, 1.54) is 13.0 Å². The van der Waals surface area contributed by atoms with Crippen LogP contribution < -0.4 is 16.0 Å². The number of benzene rings is 1. The molecule has 2 rings (SSSR count). The van der Waals surface area contributed by atoms with Crippen LogP contribution in [0.1, 0.15) is 27.7 Å². The van der Waals surface area contributed by atoms with Gasteiger partial charge in [0.1, 0.15) is 6.61 Å². The zero-order valence-electron chi connectivity index (χ0n) is 22.0. The van der Waals surface area contributed by atoms with Crippen LogP contribution in [-0.2, 0) is 47.7 Å². The number of nitrogens with one attached hydrogen (secondary N) is 3. The predicted octanol–water partition coefficient (Wildman–Crippen LogP) is 0.729. The number of carbonyl (C=O) groups excluding carboxylic acids is 5. The molecule has 1 aromatic rings. The highest BCUT2D eigenvalue weighted by Gasteiger charge is 2.48. The lowest BCUT2D eigenvalue weighted by molar-refractivity contribution is -0.188. The molecule has 0 bridgehead atoms. The van der Waals surface area contributed by atoms with Crippen molar-refractivity contribution >= 4 is 52.8 Å². The summed E-state index contributed by atoms with van der Waals surface area (Å²) in [7, 11) is 1.14. The van der Waals surface area contributed by atoms with Crippen molar-refractivity contribution in [3.05, 3.63) is 42.2 Å². The normalized spacial score (nSPS) is 19.5. The van der Waals surface area contributed by atoms with Crippen molar-refractivity contribution in [2.75, 3.05) is 19.0 Å². The first-order valence-electron chi connectivity index (χ1n) is 11.8. The molecule has 0 spiro atoms. The monoisotopic (exact) mass is 565 g/mol. The number of hydrogen-bond acceptors (Lipinski definition) is 11. The summed E-state index contributed by atoms with van der Waals surface area (Å²) in [6.45, 7) is 4.09. The van der Waals surface area contributed by atoms with Crippen molar-refractivity contribution in [2.45, 2.75) is 58.1 Å². The standard InChI is InChI=1S/C25H31N3O10S/c1-13(29)26-21-18(28-25(39)27-17-9-7-6-8-10-17)11-19(24(33)34-5)38-23(21)22(37-16(4)32)20(36-15(3)31)12-35-14(2)30/h6-11,18,20-23H,12H2,1-5H3,(H,26,29)(H2,27,28,39)/t18-,20+,21+,22+,23+/m0/s1. The molecule has 0 fully saturated rings. The van der Waals surface area contributed by atoms with Gasteiger partial charge in [-0.25, -0.2) is 4.79 Å². The van der Waals surface area contributed by atoms with Crippen LogP contribution in [0.4, 0.5) is 5.69 Å². The number of thiocarbonyl (C=S) groups is 1. The fraction of sp³-hybridized carbons (Fsp3) is 0.440. The zero-order valence-corrected chi connectivity index (χ0v) is 22.9. The zero-order chi connectivity index (χ0) is 29.1. The van der Waals surface area contributed by atoms with Crippen molar-refractivity contribution in [3.63, 3.8) is 0 Å². The van der Waals surface area contributed by atoms with E-state index in [1.54, 1.807) is 24.3 Å². The number of anilines is 1. The lowest BCUT2D eigenvalue weighted by atomic mass is 9.91. The summed E-state index contributed by atoms with van der Waals surface area (Å²) >= 11 is 5.44. The van der Waals surface area contributed by atoms with Gasteiger partial charge in [0.25, 0.3) is 0 Å². The summed E-state index contributed by atoms with van der Waals surface area (Å²) < 4.78 is 26.5. The van der Waals surface area contributed by atoms with E-state index < -0.39 is 66.8 Å². The number of rotatable bonds is 10. The molecule has 39 heavy (non-hydrogen) atoms. The summed E-state index contributed by atoms with van der Waals surface area (Å²) in [4.78, 5) is 60.3. The average Bonchev–Trinajstić information content (AvgIpc) is 2.85. The van der Waals surface area contributed by atoms with E-state index in [0.29, 0.717) is 5.69 Å². The second-order valence-electron chi connectivity index (χ2n) is 8.35. The molecule has 0 unspecified atom stereocenters. The van der Waals surface area contributed by atoms with E-state index in [4.69, 9.17) is 35.9 Å². The van der Waals surface area contributed by atoms with Gasteiger partial charge < -0.3 is 39.6 Å². The van der Waals surface area contributed by atoms with E-state index in [0.717, 1.165) is 27.9 Å². The van der Waals surface area contributed by atoms with E-state index in [1.807, 2.05) is 6.07 Å². The molecule has 3 N–H and O–H groups in total. The molecule has 1 heterocycles. The van der Waals surface area contributed by atoms with Crippen LogP contribution in [-0.4, -0.2) is 79.0 Å². The SMILES string of the molecule is COC(=O)C1=C[C@H](NC(=S)Nc2ccccc2)[C@@H](NC(C)=O)[C@H]([C@H](OC(C)=O)[C@@H](COC(C)=O)OC(C)=O)O1. The smallest absolute Gasteiger partial charge is 0.373 e. The third kappa shape index (κ3) is 9.89. The summed E-state index contributed by atoms with van der Waals surface area (Å²) in [5.41, 5.74) is 0.668. The molecular weight excluding hydrogens is 534 g/mol. The van der Waals surface area contributed by atoms with Crippen LogP contribution in [0.5, 0.6) is 0 Å². The van der Waals surface area contributed by atoms with E-state index in [9.17, 15) is 24.0 Å². The minimum atomic E-state index is -1.46. The van der Waals surface area contributed by atoms with Crippen molar-refractivity contribution < 1.29 is 47.7 Å². The Kier molecular flexibility index (Phi) is 11.7. The van der Waals surface area contributed by atoms with Gasteiger partial charge in [0.2, 0.25) is 11.7 Å². The van der Waals surface area contributed by atoms with Gasteiger partial charge in [-0.1, -0.05) is 18.2 Å². The lowest BCUT2D eigenvalue weighted by Gasteiger charge is -2.42. The first kappa shape index (κ1) is 31.0. The molecule has 212 valence electrons. The van der Waals surface area contributed by atoms with Gasteiger partial charge in [-0.05, 0) is 30.4 Å². The molecule has 1 aliphatic heterocycles. The number of hydrogen-bond donors (Lipinski definition) is 3. The van der Waals surface area contributed by atoms with Crippen LogP contribution in [0, 0.1) is 0 Å². The minimum Gasteiger partial charge on any atom is -0.477 e. The minimum absolute atomic E-state index is 0.128. The molecule has 0 saturated carbocycles. The Labute approximate surface area is 230 Å². The Morgan fingerprint density at radius 3 is 2.13 bits per heavy atom. The van der Waals surface area contributed by atoms with Gasteiger partial charge in [-0.3, -0.25) is 19.2 Å². The van der Waals surface area contributed by atoms with Crippen molar-refractivity contribution in [1.29, 1.82) is 0 Å². The van der Waals surface area contributed by atoms with Gasteiger partial charge in [-0.15, -0.1) is 0 Å². The van der Waals surface area contributed by atoms with Crippen LogP contribution >= 0.6 is 12.2 Å². The topological polar surface area (TPSA) is 168 Å². The molecule has 1 amide bonds. The molecular formula is C25H31N3O10S. The van der Waals surface area contributed by atoms with E-state index in [2.05, 4.69) is 16.0 Å².